The maximum atomic E-state index is 11.8. The summed E-state index contributed by atoms with van der Waals surface area (Å²) < 4.78 is 1.02. The van der Waals surface area contributed by atoms with Crippen LogP contribution in [0.1, 0.15) is 18.4 Å². The number of nitrogens with one attached hydrogen (secondary N) is 2. The van der Waals surface area contributed by atoms with Gasteiger partial charge in [0.2, 0.25) is 0 Å². The van der Waals surface area contributed by atoms with Crippen LogP contribution >= 0.6 is 15.9 Å². The van der Waals surface area contributed by atoms with E-state index in [0.717, 1.165) is 35.4 Å². The number of aryl methyl sites for hydroxylation is 1. The predicted molar refractivity (Wildman–Crippen MR) is 81.6 cm³/mol. The van der Waals surface area contributed by atoms with Crippen LogP contribution in [-0.2, 0) is 0 Å². The van der Waals surface area contributed by atoms with Gasteiger partial charge in [-0.15, -0.1) is 0 Å². The second kappa shape index (κ2) is 6.91. The normalized spacial score (nSPS) is 15.5. The van der Waals surface area contributed by atoms with Crippen molar-refractivity contribution in [1.82, 2.24) is 10.2 Å². The molecule has 0 radical (unpaired) electrons. The van der Waals surface area contributed by atoms with E-state index in [9.17, 15) is 4.79 Å². The zero-order valence-electron chi connectivity index (χ0n) is 11.2. The van der Waals surface area contributed by atoms with Gasteiger partial charge >= 0.3 is 6.03 Å². The van der Waals surface area contributed by atoms with Crippen molar-refractivity contribution in [2.24, 2.45) is 0 Å². The van der Waals surface area contributed by atoms with Gasteiger partial charge in [-0.25, -0.2) is 4.79 Å². The molecule has 0 unspecified atom stereocenters. The summed E-state index contributed by atoms with van der Waals surface area (Å²) in [5.41, 5.74) is 1.89. The molecule has 0 aromatic heterocycles. The maximum absolute atomic E-state index is 11.8. The Balaban J connectivity index is 1.74. The first-order valence-corrected chi connectivity index (χ1v) is 7.48. The fraction of sp³-hybridized carbons (Fsp3) is 0.500. The van der Waals surface area contributed by atoms with Gasteiger partial charge in [-0.05, 0) is 56.6 Å². The van der Waals surface area contributed by atoms with Crippen molar-refractivity contribution < 1.29 is 4.79 Å². The Labute approximate surface area is 122 Å². The number of anilines is 1. The Morgan fingerprint density at radius 1 is 1.37 bits per heavy atom. The summed E-state index contributed by atoms with van der Waals surface area (Å²) in [6.07, 6.45) is 2.56. The van der Waals surface area contributed by atoms with Gasteiger partial charge < -0.3 is 15.5 Å². The molecule has 1 fully saturated rings. The molecule has 1 saturated heterocycles. The minimum absolute atomic E-state index is 0.135. The Morgan fingerprint density at radius 3 is 2.79 bits per heavy atom. The monoisotopic (exact) mass is 325 g/mol. The van der Waals surface area contributed by atoms with Crippen molar-refractivity contribution in [2.75, 3.05) is 31.5 Å². The highest BCUT2D eigenvalue weighted by Gasteiger charge is 2.11. The number of carbonyl (C=O) groups is 1. The number of likely N-dealkylation sites (tertiary alicyclic amines) is 1. The van der Waals surface area contributed by atoms with Gasteiger partial charge in [0.05, 0.1) is 0 Å². The molecule has 2 N–H and O–H groups in total. The van der Waals surface area contributed by atoms with Crippen LogP contribution in [0.15, 0.2) is 22.7 Å². The second-order valence-corrected chi connectivity index (χ2v) is 5.80. The SMILES string of the molecule is Cc1cc(Br)ccc1NC(=O)NCCN1CCCC1. The Bertz CT molecular complexity index is 444. The van der Waals surface area contributed by atoms with Crippen LogP contribution in [0.2, 0.25) is 0 Å². The van der Waals surface area contributed by atoms with E-state index >= 15 is 0 Å². The lowest BCUT2D eigenvalue weighted by Crippen LogP contribution is -2.36. The van der Waals surface area contributed by atoms with Crippen molar-refractivity contribution in [2.45, 2.75) is 19.8 Å². The highest BCUT2D eigenvalue weighted by atomic mass is 79.9. The zero-order valence-corrected chi connectivity index (χ0v) is 12.8. The molecule has 4 nitrogen and oxygen atoms in total. The molecule has 1 aromatic rings. The molecular weight excluding hydrogens is 306 g/mol. The maximum Gasteiger partial charge on any atom is 0.319 e. The second-order valence-electron chi connectivity index (χ2n) is 4.89. The number of amides is 2. The highest BCUT2D eigenvalue weighted by molar-refractivity contribution is 9.10. The number of hydrogen-bond donors (Lipinski definition) is 2. The lowest BCUT2D eigenvalue weighted by Gasteiger charge is -2.15. The molecule has 1 heterocycles. The van der Waals surface area contributed by atoms with E-state index < -0.39 is 0 Å². The molecule has 19 heavy (non-hydrogen) atoms. The highest BCUT2D eigenvalue weighted by Crippen LogP contribution is 2.19. The van der Waals surface area contributed by atoms with Crippen LogP contribution in [0.4, 0.5) is 10.5 Å². The van der Waals surface area contributed by atoms with Gasteiger partial charge in [-0.1, -0.05) is 15.9 Å². The summed E-state index contributed by atoms with van der Waals surface area (Å²) in [5, 5.41) is 5.77. The van der Waals surface area contributed by atoms with E-state index in [1.807, 2.05) is 25.1 Å². The number of benzene rings is 1. The van der Waals surface area contributed by atoms with Crippen LogP contribution in [0, 0.1) is 6.92 Å². The largest absolute Gasteiger partial charge is 0.337 e. The van der Waals surface area contributed by atoms with E-state index in [0.29, 0.717) is 6.54 Å². The minimum atomic E-state index is -0.135. The third kappa shape index (κ3) is 4.51. The average Bonchev–Trinajstić information content (AvgIpc) is 2.86. The van der Waals surface area contributed by atoms with Crippen molar-refractivity contribution in [3.8, 4) is 0 Å². The first kappa shape index (κ1) is 14.3. The molecule has 1 aliphatic rings. The topological polar surface area (TPSA) is 44.4 Å². The molecule has 5 heteroatoms. The number of rotatable bonds is 4. The number of urea groups is 1. The molecule has 2 rings (SSSR count). The smallest absolute Gasteiger partial charge is 0.319 e. The Kier molecular flexibility index (Phi) is 5.22. The number of hydrogen-bond acceptors (Lipinski definition) is 2. The molecule has 104 valence electrons. The van der Waals surface area contributed by atoms with Crippen LogP contribution < -0.4 is 10.6 Å². The molecule has 0 spiro atoms. The summed E-state index contributed by atoms with van der Waals surface area (Å²) in [7, 11) is 0. The Morgan fingerprint density at radius 2 is 2.11 bits per heavy atom. The minimum Gasteiger partial charge on any atom is -0.337 e. The van der Waals surface area contributed by atoms with Gasteiger partial charge in [0.1, 0.15) is 0 Å². The van der Waals surface area contributed by atoms with Crippen molar-refractivity contribution in [3.05, 3.63) is 28.2 Å². The molecule has 2 amide bonds. The van der Waals surface area contributed by atoms with Gasteiger partial charge in [0.25, 0.3) is 0 Å². The number of nitrogens with zero attached hydrogens (tertiary/aromatic N) is 1. The quantitative estimate of drug-likeness (QED) is 0.893. The number of halogens is 1. The number of carbonyl (C=O) groups excluding carboxylic acids is 1. The van der Waals surface area contributed by atoms with E-state index in [-0.39, 0.29) is 6.03 Å². The Hall–Kier alpha value is -1.07. The summed E-state index contributed by atoms with van der Waals surface area (Å²) in [6.45, 7) is 5.93. The van der Waals surface area contributed by atoms with E-state index in [1.165, 1.54) is 12.8 Å². The molecular formula is C14H20BrN3O. The zero-order chi connectivity index (χ0) is 13.7. The van der Waals surface area contributed by atoms with Gasteiger partial charge in [0, 0.05) is 23.2 Å². The standard InChI is InChI=1S/C14H20BrN3O/c1-11-10-12(15)4-5-13(11)17-14(19)16-6-9-18-7-2-3-8-18/h4-5,10H,2-3,6-9H2,1H3,(H2,16,17,19). The molecule has 1 aromatic carbocycles. The van der Waals surface area contributed by atoms with Crippen molar-refractivity contribution >= 4 is 27.6 Å². The molecule has 0 bridgehead atoms. The summed E-state index contributed by atoms with van der Waals surface area (Å²) in [6, 6.07) is 5.68. The predicted octanol–water partition coefficient (Wildman–Crippen LogP) is 2.97. The third-order valence-corrected chi connectivity index (χ3v) is 3.84. The van der Waals surface area contributed by atoms with E-state index in [1.54, 1.807) is 0 Å². The van der Waals surface area contributed by atoms with Gasteiger partial charge in [0.15, 0.2) is 0 Å². The molecule has 1 aliphatic heterocycles. The van der Waals surface area contributed by atoms with Gasteiger partial charge in [-0.2, -0.15) is 0 Å². The first-order chi connectivity index (χ1) is 9.15. The lowest BCUT2D eigenvalue weighted by molar-refractivity contribution is 0.249. The fourth-order valence-corrected chi connectivity index (χ4v) is 2.74. The average molecular weight is 326 g/mol. The summed E-state index contributed by atoms with van der Waals surface area (Å²) in [5.74, 6) is 0. The molecule has 0 saturated carbocycles. The summed E-state index contributed by atoms with van der Waals surface area (Å²) in [4.78, 5) is 14.2. The lowest BCUT2D eigenvalue weighted by atomic mass is 10.2. The fourth-order valence-electron chi connectivity index (χ4n) is 2.27. The van der Waals surface area contributed by atoms with Gasteiger partial charge in [-0.3, -0.25) is 0 Å². The van der Waals surface area contributed by atoms with Crippen LogP contribution in [0.5, 0.6) is 0 Å². The third-order valence-electron chi connectivity index (χ3n) is 3.35. The molecule has 0 atom stereocenters. The van der Waals surface area contributed by atoms with Crippen molar-refractivity contribution in [3.63, 3.8) is 0 Å². The van der Waals surface area contributed by atoms with Crippen LogP contribution in [-0.4, -0.2) is 37.1 Å². The van der Waals surface area contributed by atoms with E-state index in [4.69, 9.17) is 0 Å². The van der Waals surface area contributed by atoms with E-state index in [2.05, 4.69) is 31.5 Å². The first-order valence-electron chi connectivity index (χ1n) is 6.68. The van der Waals surface area contributed by atoms with Crippen molar-refractivity contribution in [1.29, 1.82) is 0 Å². The van der Waals surface area contributed by atoms with Crippen LogP contribution in [0.25, 0.3) is 0 Å². The summed E-state index contributed by atoms with van der Waals surface area (Å²) >= 11 is 3.41. The van der Waals surface area contributed by atoms with Crippen LogP contribution in [0.3, 0.4) is 0 Å². The molecule has 0 aliphatic carbocycles.